The van der Waals surface area contributed by atoms with Gasteiger partial charge in [-0.15, -0.1) is 5.10 Å². The van der Waals surface area contributed by atoms with E-state index in [0.717, 1.165) is 50.5 Å². The van der Waals surface area contributed by atoms with Gasteiger partial charge in [0.1, 0.15) is 5.82 Å². The molecule has 0 aliphatic carbocycles. The summed E-state index contributed by atoms with van der Waals surface area (Å²) >= 11 is 6.10. The van der Waals surface area contributed by atoms with Gasteiger partial charge in [0, 0.05) is 40.4 Å². The van der Waals surface area contributed by atoms with E-state index in [1.165, 1.54) is 0 Å². The molecule has 3 heterocycles. The standard InChI is InChI=1S/C12H17ClN4O.C2H6O/c1-16-8-10-7-14-11(17(10)15-12(16)13)9-3-2-5-18-6-4-9;1-3-2/h7,9H,2-6,8H2,1H3;1-2H3. The molecule has 0 spiro atoms. The summed E-state index contributed by atoms with van der Waals surface area (Å²) in [4.78, 5) is 6.46. The first kappa shape index (κ1) is 16.3. The molecule has 2 aliphatic heterocycles. The highest BCUT2D eigenvalue weighted by molar-refractivity contribution is 6.64. The van der Waals surface area contributed by atoms with Gasteiger partial charge in [-0.1, -0.05) is 0 Å². The summed E-state index contributed by atoms with van der Waals surface area (Å²) in [6.45, 7) is 2.43. The first-order valence-corrected chi connectivity index (χ1v) is 7.55. The van der Waals surface area contributed by atoms with Gasteiger partial charge in [-0.2, -0.15) is 0 Å². The molecule has 6 nitrogen and oxygen atoms in total. The summed E-state index contributed by atoms with van der Waals surface area (Å²) in [7, 11) is 5.18. The van der Waals surface area contributed by atoms with Gasteiger partial charge in [0.05, 0.1) is 18.4 Å². The van der Waals surface area contributed by atoms with Crippen molar-refractivity contribution in [2.75, 3.05) is 34.5 Å². The SMILES string of the molecule is CN1Cc2cnc(C3CCCOCC3)n2N=C1Cl.COC. The molecule has 0 aromatic carbocycles. The van der Waals surface area contributed by atoms with Crippen LogP contribution in [0.25, 0.3) is 0 Å². The molecule has 1 unspecified atom stereocenters. The van der Waals surface area contributed by atoms with E-state index < -0.39 is 0 Å². The Labute approximate surface area is 130 Å². The molecule has 0 radical (unpaired) electrons. The van der Waals surface area contributed by atoms with Gasteiger partial charge < -0.3 is 14.4 Å². The average Bonchev–Trinajstić information content (AvgIpc) is 2.69. The average molecular weight is 315 g/mol. The van der Waals surface area contributed by atoms with Crippen LogP contribution >= 0.6 is 11.6 Å². The molecular weight excluding hydrogens is 292 g/mol. The Morgan fingerprint density at radius 2 is 2.10 bits per heavy atom. The van der Waals surface area contributed by atoms with Gasteiger partial charge in [-0.25, -0.2) is 9.66 Å². The molecule has 0 amide bonds. The van der Waals surface area contributed by atoms with Crippen molar-refractivity contribution < 1.29 is 9.47 Å². The van der Waals surface area contributed by atoms with Crippen LogP contribution in [0.5, 0.6) is 0 Å². The maximum Gasteiger partial charge on any atom is 0.217 e. The van der Waals surface area contributed by atoms with Crippen LogP contribution in [0.3, 0.4) is 0 Å². The Balaban J connectivity index is 0.000000497. The van der Waals surface area contributed by atoms with Gasteiger partial charge >= 0.3 is 0 Å². The zero-order valence-electron chi connectivity index (χ0n) is 12.9. The van der Waals surface area contributed by atoms with Crippen molar-refractivity contribution in [3.8, 4) is 0 Å². The number of halogens is 1. The van der Waals surface area contributed by atoms with E-state index in [0.29, 0.717) is 11.2 Å². The van der Waals surface area contributed by atoms with E-state index in [1.807, 2.05) is 22.8 Å². The molecule has 7 heteroatoms. The van der Waals surface area contributed by atoms with Crippen molar-refractivity contribution in [3.05, 3.63) is 17.7 Å². The van der Waals surface area contributed by atoms with Crippen LogP contribution in [0.2, 0.25) is 0 Å². The fourth-order valence-electron chi connectivity index (χ4n) is 2.53. The molecule has 1 fully saturated rings. The van der Waals surface area contributed by atoms with Gasteiger partial charge in [0.25, 0.3) is 0 Å². The quantitative estimate of drug-likeness (QED) is 0.746. The number of ether oxygens (including phenoxy) is 2. The number of imidazole rings is 1. The summed E-state index contributed by atoms with van der Waals surface area (Å²) < 4.78 is 11.7. The highest BCUT2D eigenvalue weighted by Crippen LogP contribution is 2.28. The van der Waals surface area contributed by atoms with Crippen molar-refractivity contribution in [2.24, 2.45) is 5.10 Å². The van der Waals surface area contributed by atoms with Crippen LogP contribution in [0, 0.1) is 0 Å². The van der Waals surface area contributed by atoms with Crippen molar-refractivity contribution in [1.82, 2.24) is 14.6 Å². The van der Waals surface area contributed by atoms with Crippen LogP contribution in [0.1, 0.15) is 36.7 Å². The number of hydrogen-bond acceptors (Lipinski definition) is 5. The van der Waals surface area contributed by atoms with Gasteiger partial charge in [-0.3, -0.25) is 0 Å². The number of hydrogen-bond donors (Lipinski definition) is 0. The summed E-state index contributed by atoms with van der Waals surface area (Å²) in [5.74, 6) is 1.46. The van der Waals surface area contributed by atoms with Crippen LogP contribution < -0.4 is 0 Å². The van der Waals surface area contributed by atoms with Crippen LogP contribution in [-0.4, -0.2) is 54.3 Å². The van der Waals surface area contributed by atoms with Crippen molar-refractivity contribution in [1.29, 1.82) is 0 Å². The van der Waals surface area contributed by atoms with Gasteiger partial charge in [0.2, 0.25) is 5.29 Å². The van der Waals surface area contributed by atoms with E-state index in [1.54, 1.807) is 14.2 Å². The molecular formula is C14H23ClN4O2. The monoisotopic (exact) mass is 314 g/mol. The maximum absolute atomic E-state index is 6.10. The summed E-state index contributed by atoms with van der Waals surface area (Å²) in [5, 5.41) is 4.93. The van der Waals surface area contributed by atoms with E-state index >= 15 is 0 Å². The molecule has 1 aromatic heterocycles. The van der Waals surface area contributed by atoms with E-state index in [4.69, 9.17) is 16.3 Å². The first-order chi connectivity index (χ1) is 10.2. The predicted molar refractivity (Wildman–Crippen MR) is 82.7 cm³/mol. The maximum atomic E-state index is 6.10. The van der Waals surface area contributed by atoms with Crippen LogP contribution in [0.15, 0.2) is 11.3 Å². The molecule has 0 bridgehead atoms. The molecule has 0 N–H and O–H groups in total. The zero-order valence-corrected chi connectivity index (χ0v) is 13.6. The number of nitrogens with zero attached hydrogens (tertiary/aromatic N) is 4. The Morgan fingerprint density at radius 1 is 1.33 bits per heavy atom. The number of fused-ring (bicyclic) bond motifs is 1. The highest BCUT2D eigenvalue weighted by atomic mass is 35.5. The second-order valence-electron chi connectivity index (χ2n) is 5.29. The highest BCUT2D eigenvalue weighted by Gasteiger charge is 2.24. The number of rotatable bonds is 1. The number of aromatic nitrogens is 2. The largest absolute Gasteiger partial charge is 0.388 e. The Bertz CT molecular complexity index is 481. The minimum atomic E-state index is 0.429. The minimum absolute atomic E-state index is 0.429. The van der Waals surface area contributed by atoms with Gasteiger partial charge in [-0.05, 0) is 30.9 Å². The molecule has 0 saturated carbocycles. The van der Waals surface area contributed by atoms with Crippen molar-refractivity contribution in [3.63, 3.8) is 0 Å². The van der Waals surface area contributed by atoms with E-state index in [-0.39, 0.29) is 0 Å². The number of amidine groups is 1. The van der Waals surface area contributed by atoms with E-state index in [2.05, 4.69) is 14.8 Å². The topological polar surface area (TPSA) is 51.9 Å². The fourth-order valence-corrected chi connectivity index (χ4v) is 2.66. The van der Waals surface area contributed by atoms with Gasteiger partial charge in [0.15, 0.2) is 0 Å². The zero-order chi connectivity index (χ0) is 15.2. The predicted octanol–water partition coefficient (Wildman–Crippen LogP) is 2.23. The number of methoxy groups -OCH3 is 1. The molecule has 3 rings (SSSR count). The van der Waals surface area contributed by atoms with Crippen LogP contribution in [-0.2, 0) is 16.0 Å². The third kappa shape index (κ3) is 3.96. The molecule has 118 valence electrons. The Morgan fingerprint density at radius 3 is 2.86 bits per heavy atom. The normalized spacial score (nSPS) is 21.8. The second-order valence-corrected chi connectivity index (χ2v) is 5.63. The van der Waals surface area contributed by atoms with Crippen LogP contribution in [0.4, 0.5) is 0 Å². The molecule has 1 saturated heterocycles. The lowest BCUT2D eigenvalue weighted by Crippen LogP contribution is -2.28. The molecule has 1 aromatic rings. The molecule has 1 atom stereocenters. The molecule has 2 aliphatic rings. The summed E-state index contributed by atoms with van der Waals surface area (Å²) in [6.07, 6.45) is 5.12. The summed E-state index contributed by atoms with van der Waals surface area (Å²) in [6, 6.07) is 0. The minimum Gasteiger partial charge on any atom is -0.388 e. The lowest BCUT2D eigenvalue weighted by Gasteiger charge is -2.23. The lowest BCUT2D eigenvalue weighted by molar-refractivity contribution is 0.143. The third-order valence-electron chi connectivity index (χ3n) is 3.55. The van der Waals surface area contributed by atoms with Crippen molar-refractivity contribution >= 4 is 16.9 Å². The Kier molecular flexibility index (Phi) is 6.02. The van der Waals surface area contributed by atoms with E-state index in [9.17, 15) is 0 Å². The fraction of sp³-hybridized carbons (Fsp3) is 0.714. The lowest BCUT2D eigenvalue weighted by atomic mass is 10.0. The smallest absolute Gasteiger partial charge is 0.217 e. The summed E-state index contributed by atoms with van der Waals surface area (Å²) in [5.41, 5.74) is 1.10. The Hall–Kier alpha value is -1.11. The molecule has 21 heavy (non-hydrogen) atoms. The first-order valence-electron chi connectivity index (χ1n) is 7.17. The third-order valence-corrected chi connectivity index (χ3v) is 3.91. The second kappa shape index (κ2) is 7.77. The van der Waals surface area contributed by atoms with Crippen molar-refractivity contribution in [2.45, 2.75) is 31.7 Å².